The summed E-state index contributed by atoms with van der Waals surface area (Å²) in [6.45, 7) is 3.93. The first-order chi connectivity index (χ1) is 7.44. The molecule has 0 heterocycles. The normalized spacial score (nSPS) is 13.8. The van der Waals surface area contributed by atoms with Gasteiger partial charge in [-0.2, -0.15) is 0 Å². The highest BCUT2D eigenvalue weighted by Gasteiger charge is 2.19. The molecule has 0 spiro atoms. The van der Waals surface area contributed by atoms with Crippen LogP contribution in [0.25, 0.3) is 0 Å². The van der Waals surface area contributed by atoms with Crippen LogP contribution in [0.15, 0.2) is 24.3 Å². The van der Waals surface area contributed by atoms with Crippen molar-refractivity contribution in [3.8, 4) is 0 Å². The van der Waals surface area contributed by atoms with Gasteiger partial charge in [0.1, 0.15) is 5.82 Å². The molecular weight excluding hydrogens is 207 g/mol. The third-order valence-corrected chi connectivity index (χ3v) is 2.81. The fourth-order valence-corrected chi connectivity index (χ4v) is 1.47. The van der Waals surface area contributed by atoms with Crippen LogP contribution in [0.3, 0.4) is 0 Å². The topological polar surface area (TPSA) is 29.5 Å². The molecule has 0 aromatic heterocycles. The molecule has 1 atom stereocenters. The van der Waals surface area contributed by atoms with Gasteiger partial charge in [0, 0.05) is 7.11 Å². The molecule has 3 heteroatoms. The first kappa shape index (κ1) is 13.1. The van der Waals surface area contributed by atoms with Crippen LogP contribution < -0.4 is 0 Å². The number of rotatable bonds is 5. The molecule has 0 saturated carbocycles. The van der Waals surface area contributed by atoms with Gasteiger partial charge in [0.2, 0.25) is 0 Å². The molecule has 1 unspecified atom stereocenters. The number of aliphatic hydroxyl groups excluding tert-OH is 1. The lowest BCUT2D eigenvalue weighted by molar-refractivity contribution is 0.00277. The Hall–Kier alpha value is -0.930. The summed E-state index contributed by atoms with van der Waals surface area (Å²) in [6.07, 6.45) is 0.649. The maximum atomic E-state index is 12.9. The minimum absolute atomic E-state index is 0.256. The molecule has 0 amide bonds. The fraction of sp³-hybridized carbons (Fsp3) is 0.538. The number of methoxy groups -OCH3 is 1. The Balaban J connectivity index is 2.56. The molecule has 1 N–H and O–H groups in total. The Morgan fingerprint density at radius 3 is 2.69 bits per heavy atom. The van der Waals surface area contributed by atoms with Crippen LogP contribution in [0.5, 0.6) is 0 Å². The van der Waals surface area contributed by atoms with E-state index in [4.69, 9.17) is 4.74 Å². The first-order valence-electron chi connectivity index (χ1n) is 5.43. The summed E-state index contributed by atoms with van der Waals surface area (Å²) in [5.41, 5.74) is 0.362. The Bertz CT molecular complexity index is 336. The summed E-state index contributed by atoms with van der Waals surface area (Å²) < 4.78 is 18.2. The summed E-state index contributed by atoms with van der Waals surface area (Å²) in [7, 11) is 1.65. The standard InChI is InChI=1S/C13H19FO2/c1-13(2,16-3)8-7-12(15)10-5-4-6-11(14)9-10/h4-6,9,12,15H,7-8H2,1-3H3. The molecule has 0 fully saturated rings. The quantitative estimate of drug-likeness (QED) is 0.836. The predicted molar refractivity (Wildman–Crippen MR) is 61.7 cm³/mol. The third-order valence-electron chi connectivity index (χ3n) is 2.81. The van der Waals surface area contributed by atoms with E-state index in [0.29, 0.717) is 12.0 Å². The van der Waals surface area contributed by atoms with E-state index in [-0.39, 0.29) is 11.4 Å². The second-order valence-corrected chi connectivity index (χ2v) is 4.57. The number of hydrogen-bond donors (Lipinski definition) is 1. The summed E-state index contributed by atoms with van der Waals surface area (Å²) in [6, 6.07) is 6.07. The highest BCUT2D eigenvalue weighted by atomic mass is 19.1. The molecule has 90 valence electrons. The molecular formula is C13H19FO2. The average Bonchev–Trinajstić information content (AvgIpc) is 2.26. The highest BCUT2D eigenvalue weighted by Crippen LogP contribution is 2.24. The number of hydrogen-bond acceptors (Lipinski definition) is 2. The summed E-state index contributed by atoms with van der Waals surface area (Å²) in [5.74, 6) is -0.317. The van der Waals surface area contributed by atoms with Crippen molar-refractivity contribution in [2.75, 3.05) is 7.11 Å². The summed E-state index contributed by atoms with van der Waals surface area (Å²) in [5, 5.41) is 9.88. The van der Waals surface area contributed by atoms with Gasteiger partial charge in [-0.25, -0.2) is 4.39 Å². The molecule has 16 heavy (non-hydrogen) atoms. The van der Waals surface area contributed by atoms with E-state index in [9.17, 15) is 9.50 Å². The van der Waals surface area contributed by atoms with Gasteiger partial charge in [-0.1, -0.05) is 12.1 Å². The molecule has 0 saturated heterocycles. The van der Waals surface area contributed by atoms with Gasteiger partial charge >= 0.3 is 0 Å². The minimum atomic E-state index is -0.634. The largest absolute Gasteiger partial charge is 0.388 e. The van der Waals surface area contributed by atoms with Crippen molar-refractivity contribution < 1.29 is 14.2 Å². The van der Waals surface area contributed by atoms with Crippen LogP contribution in [0.1, 0.15) is 38.4 Å². The second-order valence-electron chi connectivity index (χ2n) is 4.57. The molecule has 1 aromatic carbocycles. The van der Waals surface area contributed by atoms with E-state index in [1.54, 1.807) is 19.2 Å². The van der Waals surface area contributed by atoms with Crippen molar-refractivity contribution in [2.45, 2.75) is 38.4 Å². The predicted octanol–water partition coefficient (Wildman–Crippen LogP) is 3.06. The monoisotopic (exact) mass is 226 g/mol. The molecule has 1 aromatic rings. The van der Waals surface area contributed by atoms with Gasteiger partial charge in [0.25, 0.3) is 0 Å². The van der Waals surface area contributed by atoms with Gasteiger partial charge in [-0.05, 0) is 44.4 Å². The Kier molecular flexibility index (Phi) is 4.44. The summed E-state index contributed by atoms with van der Waals surface area (Å²) in [4.78, 5) is 0. The van der Waals surface area contributed by atoms with Crippen molar-refractivity contribution in [1.29, 1.82) is 0 Å². The van der Waals surface area contributed by atoms with Crippen LogP contribution in [0.2, 0.25) is 0 Å². The third kappa shape index (κ3) is 3.91. The molecule has 0 radical (unpaired) electrons. The van der Waals surface area contributed by atoms with Crippen LogP contribution in [0, 0.1) is 5.82 Å². The number of benzene rings is 1. The number of halogens is 1. The SMILES string of the molecule is COC(C)(C)CCC(O)c1cccc(F)c1. The number of aliphatic hydroxyl groups is 1. The van der Waals surface area contributed by atoms with Crippen molar-refractivity contribution >= 4 is 0 Å². The van der Waals surface area contributed by atoms with Gasteiger partial charge in [-0.15, -0.1) is 0 Å². The van der Waals surface area contributed by atoms with Crippen LogP contribution >= 0.6 is 0 Å². The smallest absolute Gasteiger partial charge is 0.123 e. The van der Waals surface area contributed by atoms with Crippen molar-refractivity contribution in [3.63, 3.8) is 0 Å². The lowest BCUT2D eigenvalue weighted by atomic mass is 9.97. The molecule has 0 aliphatic carbocycles. The van der Waals surface area contributed by atoms with Crippen LogP contribution in [0.4, 0.5) is 4.39 Å². The zero-order chi connectivity index (χ0) is 12.2. The van der Waals surface area contributed by atoms with Gasteiger partial charge < -0.3 is 9.84 Å². The van der Waals surface area contributed by atoms with Gasteiger partial charge in [0.05, 0.1) is 11.7 Å². The lowest BCUT2D eigenvalue weighted by Crippen LogP contribution is -2.23. The second kappa shape index (κ2) is 5.41. The van der Waals surface area contributed by atoms with Crippen LogP contribution in [-0.2, 0) is 4.74 Å². The van der Waals surface area contributed by atoms with E-state index < -0.39 is 6.10 Å². The fourth-order valence-electron chi connectivity index (χ4n) is 1.47. The zero-order valence-electron chi connectivity index (χ0n) is 10.0. The van der Waals surface area contributed by atoms with E-state index in [2.05, 4.69) is 0 Å². The van der Waals surface area contributed by atoms with Crippen molar-refractivity contribution in [2.24, 2.45) is 0 Å². The Morgan fingerprint density at radius 2 is 2.12 bits per heavy atom. The Labute approximate surface area is 96.1 Å². The van der Waals surface area contributed by atoms with Crippen molar-refractivity contribution in [1.82, 2.24) is 0 Å². The van der Waals surface area contributed by atoms with Crippen molar-refractivity contribution in [3.05, 3.63) is 35.6 Å². The van der Waals surface area contributed by atoms with E-state index in [1.807, 2.05) is 13.8 Å². The number of ether oxygens (including phenoxy) is 1. The van der Waals surface area contributed by atoms with Gasteiger partial charge in [0.15, 0.2) is 0 Å². The molecule has 0 bridgehead atoms. The van der Waals surface area contributed by atoms with Crippen LogP contribution in [-0.4, -0.2) is 17.8 Å². The molecule has 0 aliphatic rings. The van der Waals surface area contributed by atoms with E-state index in [1.165, 1.54) is 12.1 Å². The Morgan fingerprint density at radius 1 is 1.44 bits per heavy atom. The molecule has 0 aliphatic heterocycles. The molecule has 1 rings (SSSR count). The average molecular weight is 226 g/mol. The lowest BCUT2D eigenvalue weighted by Gasteiger charge is -2.24. The highest BCUT2D eigenvalue weighted by molar-refractivity contribution is 5.18. The zero-order valence-corrected chi connectivity index (χ0v) is 10.0. The maximum Gasteiger partial charge on any atom is 0.123 e. The van der Waals surface area contributed by atoms with E-state index >= 15 is 0 Å². The minimum Gasteiger partial charge on any atom is -0.388 e. The van der Waals surface area contributed by atoms with Gasteiger partial charge in [-0.3, -0.25) is 0 Å². The summed E-state index contributed by atoms with van der Waals surface area (Å²) >= 11 is 0. The maximum absolute atomic E-state index is 12.9. The molecule has 2 nitrogen and oxygen atoms in total. The first-order valence-corrected chi connectivity index (χ1v) is 5.43. The van der Waals surface area contributed by atoms with E-state index in [0.717, 1.165) is 6.42 Å².